The molecule has 4 rings (SSSR count). The highest BCUT2D eigenvalue weighted by molar-refractivity contribution is 5.85. The SMILES string of the molecule is CCC(CN1CCCC1)n1cncc1-c1cnc(N2CCC(C)CC2)nc1.Cl. The Morgan fingerprint density at radius 2 is 1.71 bits per heavy atom. The fraction of sp³-hybridized carbons (Fsp3) is 0.667. The zero-order chi connectivity index (χ0) is 18.6. The van der Waals surface area contributed by atoms with E-state index in [1.165, 1.54) is 38.8 Å². The normalized spacial score (nSPS) is 19.6. The van der Waals surface area contributed by atoms with Crippen LogP contribution in [0.3, 0.4) is 0 Å². The molecule has 0 amide bonds. The first-order chi connectivity index (χ1) is 13.2. The number of rotatable bonds is 6. The molecule has 2 fully saturated rings. The Morgan fingerprint density at radius 3 is 2.36 bits per heavy atom. The van der Waals surface area contributed by atoms with Crippen molar-refractivity contribution in [3.63, 3.8) is 0 Å². The van der Waals surface area contributed by atoms with Gasteiger partial charge in [0.05, 0.1) is 18.2 Å². The number of nitrogens with zero attached hydrogens (tertiary/aromatic N) is 6. The topological polar surface area (TPSA) is 50.1 Å². The largest absolute Gasteiger partial charge is 0.341 e. The van der Waals surface area contributed by atoms with Gasteiger partial charge in [-0.3, -0.25) is 0 Å². The van der Waals surface area contributed by atoms with Crippen molar-refractivity contribution >= 4 is 18.4 Å². The predicted octanol–water partition coefficient (Wildman–Crippen LogP) is 4.05. The Hall–Kier alpha value is -1.66. The third-order valence-electron chi connectivity index (χ3n) is 6.20. The van der Waals surface area contributed by atoms with Gasteiger partial charge in [0.2, 0.25) is 5.95 Å². The van der Waals surface area contributed by atoms with Crippen LogP contribution in [0.1, 0.15) is 52.0 Å². The summed E-state index contributed by atoms with van der Waals surface area (Å²) in [4.78, 5) is 18.7. The number of halogens is 1. The first kappa shape index (κ1) is 21.1. The average molecular weight is 405 g/mol. The molecule has 1 unspecified atom stereocenters. The van der Waals surface area contributed by atoms with E-state index in [1.807, 2.05) is 24.9 Å². The molecule has 0 aromatic carbocycles. The Labute approximate surface area is 174 Å². The van der Waals surface area contributed by atoms with Gasteiger partial charge >= 0.3 is 0 Å². The van der Waals surface area contributed by atoms with Crippen LogP contribution in [0.25, 0.3) is 11.3 Å². The minimum absolute atomic E-state index is 0. The quantitative estimate of drug-likeness (QED) is 0.727. The maximum absolute atomic E-state index is 4.68. The fourth-order valence-electron chi connectivity index (χ4n) is 4.32. The summed E-state index contributed by atoms with van der Waals surface area (Å²) >= 11 is 0. The third-order valence-corrected chi connectivity index (χ3v) is 6.20. The molecule has 6 nitrogen and oxygen atoms in total. The fourth-order valence-corrected chi connectivity index (χ4v) is 4.32. The van der Waals surface area contributed by atoms with E-state index in [0.29, 0.717) is 6.04 Å². The summed E-state index contributed by atoms with van der Waals surface area (Å²) in [6.45, 7) is 10.3. The highest BCUT2D eigenvalue weighted by atomic mass is 35.5. The molecular formula is C21H33ClN6. The number of piperidine rings is 1. The summed E-state index contributed by atoms with van der Waals surface area (Å²) < 4.78 is 2.32. The molecule has 0 saturated carbocycles. The molecule has 2 aliphatic heterocycles. The van der Waals surface area contributed by atoms with Gasteiger partial charge in [0.15, 0.2) is 0 Å². The molecule has 2 saturated heterocycles. The number of likely N-dealkylation sites (tertiary alicyclic amines) is 1. The molecule has 0 bridgehead atoms. The van der Waals surface area contributed by atoms with Crippen LogP contribution in [0.15, 0.2) is 24.9 Å². The van der Waals surface area contributed by atoms with E-state index in [-0.39, 0.29) is 12.4 Å². The standard InChI is InChI=1S/C21H32N6.ClH/c1-3-19(15-25-8-4-5-9-25)27-16-22-14-20(27)18-12-23-21(24-13-18)26-10-6-17(2)7-11-26;/h12-14,16-17,19H,3-11,15H2,1-2H3;1H. The minimum atomic E-state index is 0. The number of anilines is 1. The van der Waals surface area contributed by atoms with Crippen molar-refractivity contribution in [1.82, 2.24) is 24.4 Å². The Bertz CT molecular complexity index is 717. The van der Waals surface area contributed by atoms with Crippen LogP contribution in [0, 0.1) is 5.92 Å². The van der Waals surface area contributed by atoms with Gasteiger partial charge in [-0.25, -0.2) is 15.0 Å². The Morgan fingerprint density at radius 1 is 1.04 bits per heavy atom. The van der Waals surface area contributed by atoms with Crippen molar-refractivity contribution in [2.45, 2.75) is 52.0 Å². The number of aromatic nitrogens is 4. The second-order valence-electron chi connectivity index (χ2n) is 8.20. The van der Waals surface area contributed by atoms with Gasteiger partial charge in [-0.2, -0.15) is 0 Å². The first-order valence-electron chi connectivity index (χ1n) is 10.6. The van der Waals surface area contributed by atoms with Gasteiger partial charge in [0.25, 0.3) is 0 Å². The maximum atomic E-state index is 4.68. The molecule has 2 aromatic rings. The van der Waals surface area contributed by atoms with Crippen molar-refractivity contribution in [2.75, 3.05) is 37.6 Å². The lowest BCUT2D eigenvalue weighted by atomic mass is 10.00. The van der Waals surface area contributed by atoms with Crippen molar-refractivity contribution in [2.24, 2.45) is 5.92 Å². The molecular weight excluding hydrogens is 372 g/mol. The lowest BCUT2D eigenvalue weighted by molar-refractivity contribution is 0.273. The lowest BCUT2D eigenvalue weighted by Crippen LogP contribution is -2.34. The summed E-state index contributed by atoms with van der Waals surface area (Å²) in [6, 6.07) is 0.448. The summed E-state index contributed by atoms with van der Waals surface area (Å²) in [5.74, 6) is 1.68. The van der Waals surface area contributed by atoms with Gasteiger partial charge in [-0.05, 0) is 51.1 Å². The van der Waals surface area contributed by atoms with Crippen molar-refractivity contribution in [1.29, 1.82) is 0 Å². The summed E-state index contributed by atoms with van der Waals surface area (Å²) in [5.41, 5.74) is 2.18. The number of hydrogen-bond donors (Lipinski definition) is 0. The highest BCUT2D eigenvalue weighted by Crippen LogP contribution is 2.26. The van der Waals surface area contributed by atoms with Crippen LogP contribution < -0.4 is 4.90 Å². The van der Waals surface area contributed by atoms with Crippen LogP contribution in [0.4, 0.5) is 5.95 Å². The number of hydrogen-bond acceptors (Lipinski definition) is 5. The van der Waals surface area contributed by atoms with Crippen LogP contribution in [0.5, 0.6) is 0 Å². The third kappa shape index (κ3) is 4.66. The Balaban J connectivity index is 0.00000225. The van der Waals surface area contributed by atoms with Crippen LogP contribution >= 0.6 is 12.4 Å². The molecule has 154 valence electrons. The maximum Gasteiger partial charge on any atom is 0.225 e. The molecule has 1 atom stereocenters. The van der Waals surface area contributed by atoms with Crippen LogP contribution in [-0.2, 0) is 0 Å². The molecule has 0 N–H and O–H groups in total. The average Bonchev–Trinajstić information content (AvgIpc) is 3.39. The van der Waals surface area contributed by atoms with E-state index in [0.717, 1.165) is 49.2 Å². The molecule has 0 radical (unpaired) electrons. The van der Waals surface area contributed by atoms with E-state index < -0.39 is 0 Å². The molecule has 7 heteroatoms. The van der Waals surface area contributed by atoms with Crippen LogP contribution in [0.2, 0.25) is 0 Å². The summed E-state index contributed by atoms with van der Waals surface area (Å²) in [5, 5.41) is 0. The van der Waals surface area contributed by atoms with E-state index in [9.17, 15) is 0 Å². The van der Waals surface area contributed by atoms with Crippen molar-refractivity contribution in [3.05, 3.63) is 24.9 Å². The second-order valence-corrected chi connectivity index (χ2v) is 8.20. The molecule has 4 heterocycles. The lowest BCUT2D eigenvalue weighted by Gasteiger charge is -2.30. The van der Waals surface area contributed by atoms with E-state index >= 15 is 0 Å². The summed E-state index contributed by atoms with van der Waals surface area (Å²) in [7, 11) is 0. The van der Waals surface area contributed by atoms with E-state index in [2.05, 4.69) is 43.2 Å². The number of imidazole rings is 1. The smallest absolute Gasteiger partial charge is 0.225 e. The zero-order valence-corrected chi connectivity index (χ0v) is 17.9. The van der Waals surface area contributed by atoms with Crippen LogP contribution in [-0.4, -0.2) is 57.1 Å². The van der Waals surface area contributed by atoms with Gasteiger partial charge in [0, 0.05) is 43.6 Å². The van der Waals surface area contributed by atoms with E-state index in [4.69, 9.17) is 0 Å². The summed E-state index contributed by atoms with van der Waals surface area (Å²) in [6.07, 6.45) is 14.1. The second kappa shape index (κ2) is 9.70. The molecule has 2 aliphatic rings. The van der Waals surface area contributed by atoms with Gasteiger partial charge < -0.3 is 14.4 Å². The predicted molar refractivity (Wildman–Crippen MR) is 116 cm³/mol. The van der Waals surface area contributed by atoms with Gasteiger partial charge in [-0.15, -0.1) is 12.4 Å². The highest BCUT2D eigenvalue weighted by Gasteiger charge is 2.21. The Kier molecular flexibility index (Phi) is 7.30. The molecule has 2 aromatic heterocycles. The van der Waals surface area contributed by atoms with Crippen molar-refractivity contribution in [3.8, 4) is 11.3 Å². The molecule has 0 aliphatic carbocycles. The zero-order valence-electron chi connectivity index (χ0n) is 17.1. The molecule has 28 heavy (non-hydrogen) atoms. The molecule has 0 spiro atoms. The first-order valence-corrected chi connectivity index (χ1v) is 10.6. The van der Waals surface area contributed by atoms with Gasteiger partial charge in [-0.1, -0.05) is 13.8 Å². The van der Waals surface area contributed by atoms with E-state index in [1.54, 1.807) is 0 Å². The monoisotopic (exact) mass is 404 g/mol. The van der Waals surface area contributed by atoms with Gasteiger partial charge in [0.1, 0.15) is 0 Å². The van der Waals surface area contributed by atoms with Crippen molar-refractivity contribution < 1.29 is 0 Å². The minimum Gasteiger partial charge on any atom is -0.341 e.